The molecule has 0 saturated heterocycles. The van der Waals surface area contributed by atoms with Crippen molar-refractivity contribution in [2.45, 2.75) is 46.1 Å². The second kappa shape index (κ2) is 9.81. The summed E-state index contributed by atoms with van der Waals surface area (Å²) in [4.78, 5) is 6.94. The van der Waals surface area contributed by atoms with Crippen molar-refractivity contribution in [2.24, 2.45) is 10.4 Å². The monoisotopic (exact) mass is 360 g/mol. The molecule has 1 saturated carbocycles. The number of nitrogens with one attached hydrogen (secondary N) is 2. The zero-order chi connectivity index (χ0) is 19.0. The first-order valence-corrected chi connectivity index (χ1v) is 9.77. The van der Waals surface area contributed by atoms with Gasteiger partial charge < -0.3 is 20.3 Å². The lowest BCUT2D eigenvalue weighted by atomic mass is 9.67. The normalized spacial score (nSPS) is 16.1. The van der Waals surface area contributed by atoms with Gasteiger partial charge in [-0.25, -0.2) is 4.99 Å². The summed E-state index contributed by atoms with van der Waals surface area (Å²) in [6.07, 6.45) is 5.03. The molecule has 0 amide bonds. The SMILES string of the molecule is CCNC(=NCc1ccc(N(C)C)cc1C)NCC1(CCOC)CCC1. The second-order valence-corrected chi connectivity index (χ2v) is 7.65. The number of rotatable bonds is 9. The fraction of sp³-hybridized carbons (Fsp3) is 0.667. The predicted octanol–water partition coefficient (Wildman–Crippen LogP) is 3.32. The molecule has 146 valence electrons. The van der Waals surface area contributed by atoms with Crippen LogP contribution in [0.1, 0.15) is 43.7 Å². The Kier molecular flexibility index (Phi) is 7.76. The van der Waals surface area contributed by atoms with Gasteiger partial charge in [0.25, 0.3) is 0 Å². The van der Waals surface area contributed by atoms with Crippen molar-refractivity contribution in [3.63, 3.8) is 0 Å². The number of methoxy groups -OCH3 is 1. The number of aliphatic imine (C=N–C) groups is 1. The van der Waals surface area contributed by atoms with E-state index in [0.29, 0.717) is 12.0 Å². The maximum atomic E-state index is 5.30. The van der Waals surface area contributed by atoms with Gasteiger partial charge in [-0.1, -0.05) is 12.5 Å². The van der Waals surface area contributed by atoms with E-state index in [1.807, 2.05) is 0 Å². The number of guanidine groups is 1. The Labute approximate surface area is 159 Å². The highest BCUT2D eigenvalue weighted by Crippen LogP contribution is 2.43. The average molecular weight is 361 g/mol. The van der Waals surface area contributed by atoms with Crippen LogP contribution < -0.4 is 15.5 Å². The molecule has 0 spiro atoms. The van der Waals surface area contributed by atoms with E-state index in [2.05, 4.69) is 61.7 Å². The molecule has 26 heavy (non-hydrogen) atoms. The molecule has 1 aliphatic rings. The molecule has 1 aliphatic carbocycles. The summed E-state index contributed by atoms with van der Waals surface area (Å²) in [6.45, 7) is 7.65. The molecule has 0 unspecified atom stereocenters. The molecule has 1 aromatic carbocycles. The van der Waals surface area contributed by atoms with Gasteiger partial charge in [0.15, 0.2) is 5.96 Å². The van der Waals surface area contributed by atoms with Gasteiger partial charge in [0.2, 0.25) is 0 Å². The molecule has 0 radical (unpaired) electrons. The Bertz CT molecular complexity index is 594. The van der Waals surface area contributed by atoms with Crippen LogP contribution in [0.2, 0.25) is 0 Å². The largest absolute Gasteiger partial charge is 0.385 e. The average Bonchev–Trinajstić information content (AvgIpc) is 2.58. The van der Waals surface area contributed by atoms with E-state index < -0.39 is 0 Å². The molecule has 2 N–H and O–H groups in total. The van der Waals surface area contributed by atoms with Crippen molar-refractivity contribution in [1.29, 1.82) is 0 Å². The summed E-state index contributed by atoms with van der Waals surface area (Å²) in [5, 5.41) is 6.94. The molecule has 0 aromatic heterocycles. The number of anilines is 1. The molecule has 5 nitrogen and oxygen atoms in total. The summed E-state index contributed by atoms with van der Waals surface area (Å²) in [5.74, 6) is 0.910. The minimum atomic E-state index is 0.384. The van der Waals surface area contributed by atoms with Gasteiger partial charge in [-0.05, 0) is 61.8 Å². The van der Waals surface area contributed by atoms with E-state index in [4.69, 9.17) is 9.73 Å². The van der Waals surface area contributed by atoms with E-state index in [-0.39, 0.29) is 0 Å². The van der Waals surface area contributed by atoms with Crippen LogP contribution in [0.25, 0.3) is 0 Å². The fourth-order valence-corrected chi connectivity index (χ4v) is 3.42. The molecule has 0 bridgehead atoms. The van der Waals surface area contributed by atoms with Crippen LogP contribution in [-0.2, 0) is 11.3 Å². The first-order chi connectivity index (χ1) is 12.5. The minimum Gasteiger partial charge on any atom is -0.385 e. The van der Waals surface area contributed by atoms with Crippen LogP contribution in [0.15, 0.2) is 23.2 Å². The lowest BCUT2D eigenvalue weighted by molar-refractivity contribution is 0.0732. The third-order valence-electron chi connectivity index (χ3n) is 5.48. The third kappa shape index (κ3) is 5.63. The maximum Gasteiger partial charge on any atom is 0.191 e. The van der Waals surface area contributed by atoms with Crippen LogP contribution >= 0.6 is 0 Å². The highest BCUT2D eigenvalue weighted by atomic mass is 16.5. The molecule has 2 rings (SSSR count). The zero-order valence-corrected chi connectivity index (χ0v) is 17.2. The molecule has 5 heteroatoms. The summed E-state index contributed by atoms with van der Waals surface area (Å²) in [5.41, 5.74) is 4.16. The van der Waals surface area contributed by atoms with Crippen LogP contribution in [-0.4, -0.2) is 46.9 Å². The first kappa shape index (κ1) is 20.6. The predicted molar refractivity (Wildman–Crippen MR) is 111 cm³/mol. The fourth-order valence-electron chi connectivity index (χ4n) is 3.42. The molecule has 0 aliphatic heterocycles. The van der Waals surface area contributed by atoms with Crippen LogP contribution in [0.4, 0.5) is 5.69 Å². The topological polar surface area (TPSA) is 48.9 Å². The van der Waals surface area contributed by atoms with Crippen molar-refractivity contribution in [1.82, 2.24) is 10.6 Å². The lowest BCUT2D eigenvalue weighted by Gasteiger charge is -2.42. The van der Waals surface area contributed by atoms with Crippen molar-refractivity contribution in [3.8, 4) is 0 Å². The van der Waals surface area contributed by atoms with Crippen LogP contribution in [0, 0.1) is 12.3 Å². The Balaban J connectivity index is 1.98. The number of hydrogen-bond donors (Lipinski definition) is 2. The maximum absolute atomic E-state index is 5.30. The minimum absolute atomic E-state index is 0.384. The number of ether oxygens (including phenoxy) is 1. The van der Waals surface area contributed by atoms with Crippen molar-refractivity contribution >= 4 is 11.6 Å². The summed E-state index contributed by atoms with van der Waals surface area (Å²) in [6, 6.07) is 6.56. The van der Waals surface area contributed by atoms with E-state index in [0.717, 1.165) is 32.1 Å². The standard InChI is InChI=1S/C21H36N4O/c1-6-22-20(24-16-21(10-7-11-21)12-13-26-5)23-15-18-8-9-19(25(3)4)14-17(18)2/h8-9,14H,6-7,10-13,15-16H2,1-5H3,(H2,22,23,24). The Morgan fingerprint density at radius 3 is 2.58 bits per heavy atom. The van der Waals surface area contributed by atoms with Gasteiger partial charge in [-0.15, -0.1) is 0 Å². The summed E-state index contributed by atoms with van der Waals surface area (Å²) < 4.78 is 5.30. The highest BCUT2D eigenvalue weighted by Gasteiger charge is 2.36. The molecule has 1 fully saturated rings. The first-order valence-electron chi connectivity index (χ1n) is 9.77. The van der Waals surface area contributed by atoms with Crippen LogP contribution in [0.3, 0.4) is 0 Å². The van der Waals surface area contributed by atoms with Gasteiger partial charge in [0.05, 0.1) is 6.54 Å². The van der Waals surface area contributed by atoms with Crippen molar-refractivity contribution in [2.75, 3.05) is 45.8 Å². The quantitative estimate of drug-likeness (QED) is 0.524. The third-order valence-corrected chi connectivity index (χ3v) is 5.48. The van der Waals surface area contributed by atoms with Gasteiger partial charge in [-0.2, -0.15) is 0 Å². The van der Waals surface area contributed by atoms with Crippen molar-refractivity contribution in [3.05, 3.63) is 29.3 Å². The van der Waals surface area contributed by atoms with Crippen LogP contribution in [0.5, 0.6) is 0 Å². The summed E-state index contributed by atoms with van der Waals surface area (Å²) >= 11 is 0. The van der Waals surface area contributed by atoms with Gasteiger partial charge in [0.1, 0.15) is 0 Å². The Morgan fingerprint density at radius 2 is 2.04 bits per heavy atom. The van der Waals surface area contributed by atoms with E-state index >= 15 is 0 Å². The zero-order valence-electron chi connectivity index (χ0n) is 17.2. The molecular formula is C21H36N4O. The number of benzene rings is 1. The molecule has 0 heterocycles. The van der Waals surface area contributed by atoms with Gasteiger partial charge >= 0.3 is 0 Å². The smallest absolute Gasteiger partial charge is 0.191 e. The molecule has 1 aromatic rings. The lowest BCUT2D eigenvalue weighted by Crippen LogP contribution is -2.47. The second-order valence-electron chi connectivity index (χ2n) is 7.65. The van der Waals surface area contributed by atoms with E-state index in [9.17, 15) is 0 Å². The van der Waals surface area contributed by atoms with Gasteiger partial charge in [0, 0.05) is 46.6 Å². The number of hydrogen-bond acceptors (Lipinski definition) is 3. The van der Waals surface area contributed by atoms with E-state index in [1.165, 1.54) is 36.1 Å². The molecule has 0 atom stereocenters. The van der Waals surface area contributed by atoms with Gasteiger partial charge in [-0.3, -0.25) is 0 Å². The van der Waals surface area contributed by atoms with Crippen molar-refractivity contribution < 1.29 is 4.74 Å². The highest BCUT2D eigenvalue weighted by molar-refractivity contribution is 5.79. The van der Waals surface area contributed by atoms with E-state index in [1.54, 1.807) is 7.11 Å². The molecular weight excluding hydrogens is 324 g/mol. The number of nitrogens with zero attached hydrogens (tertiary/aromatic N) is 2. The Morgan fingerprint density at radius 1 is 1.27 bits per heavy atom. The number of aryl methyl sites for hydroxylation is 1. The Hall–Kier alpha value is -1.75. The summed E-state index contributed by atoms with van der Waals surface area (Å²) in [7, 11) is 5.93.